The van der Waals surface area contributed by atoms with E-state index in [1.807, 2.05) is 33.8 Å². The summed E-state index contributed by atoms with van der Waals surface area (Å²) < 4.78 is 0. The van der Waals surface area contributed by atoms with Gasteiger partial charge < -0.3 is 5.32 Å². The molecule has 0 spiro atoms. The van der Waals surface area contributed by atoms with Crippen LogP contribution in [0, 0.1) is 11.8 Å². The van der Waals surface area contributed by atoms with Crippen molar-refractivity contribution in [1.29, 1.82) is 0 Å². The molecule has 17 heavy (non-hydrogen) atoms. The summed E-state index contributed by atoms with van der Waals surface area (Å²) >= 11 is 0. The van der Waals surface area contributed by atoms with Crippen LogP contribution in [0.4, 0.5) is 0 Å². The topological polar surface area (TPSA) is 29.1 Å². The summed E-state index contributed by atoms with van der Waals surface area (Å²) in [6.45, 7) is 8.14. The zero-order valence-corrected chi connectivity index (χ0v) is 11.8. The van der Waals surface area contributed by atoms with Crippen molar-refractivity contribution >= 4 is 5.91 Å². The number of nitrogens with one attached hydrogen (secondary N) is 1. The minimum atomic E-state index is -0.120. The van der Waals surface area contributed by atoms with Crippen LogP contribution in [-0.4, -0.2) is 11.4 Å². The smallest absolute Gasteiger partial charge is 0.223 e. The van der Waals surface area contributed by atoms with Gasteiger partial charge in [-0.3, -0.25) is 4.79 Å². The molecule has 1 atom stereocenters. The van der Waals surface area contributed by atoms with Gasteiger partial charge in [0, 0.05) is 11.5 Å². The highest BCUT2D eigenvalue weighted by Gasteiger charge is 2.27. The highest BCUT2D eigenvalue weighted by Crippen LogP contribution is 2.33. The minimum absolute atomic E-state index is 0.120. The number of allylic oxidation sites excluding steroid dienone is 2. The van der Waals surface area contributed by atoms with Gasteiger partial charge in [0.1, 0.15) is 0 Å². The second-order valence-electron chi connectivity index (χ2n) is 6.27. The van der Waals surface area contributed by atoms with E-state index in [4.69, 9.17) is 0 Å². The first kappa shape index (κ1) is 14.3. The summed E-state index contributed by atoms with van der Waals surface area (Å²) in [7, 11) is 0. The molecule has 2 heteroatoms. The summed E-state index contributed by atoms with van der Waals surface area (Å²) in [5, 5.41) is 3.11. The maximum Gasteiger partial charge on any atom is 0.223 e. The maximum absolute atomic E-state index is 12.2. The van der Waals surface area contributed by atoms with E-state index in [9.17, 15) is 4.79 Å². The highest BCUT2D eigenvalue weighted by atomic mass is 16.2. The molecule has 1 unspecified atom stereocenters. The number of carbonyl (C=O) groups is 1. The fraction of sp³-hybridized carbons (Fsp3) is 0.800. The first-order chi connectivity index (χ1) is 7.92. The van der Waals surface area contributed by atoms with Gasteiger partial charge in [0.15, 0.2) is 0 Å². The Labute approximate surface area is 106 Å². The van der Waals surface area contributed by atoms with Crippen molar-refractivity contribution in [2.24, 2.45) is 11.8 Å². The zero-order valence-electron chi connectivity index (χ0n) is 11.8. The lowest BCUT2D eigenvalue weighted by molar-refractivity contribution is -0.127. The van der Waals surface area contributed by atoms with Crippen LogP contribution < -0.4 is 5.32 Å². The van der Waals surface area contributed by atoms with Crippen molar-refractivity contribution in [1.82, 2.24) is 5.32 Å². The van der Waals surface area contributed by atoms with Crippen molar-refractivity contribution in [3.63, 3.8) is 0 Å². The first-order valence-corrected chi connectivity index (χ1v) is 6.85. The lowest BCUT2D eigenvalue weighted by Crippen LogP contribution is -2.44. The number of hydrogen-bond donors (Lipinski definition) is 1. The van der Waals surface area contributed by atoms with Crippen molar-refractivity contribution in [2.45, 2.75) is 65.3 Å². The number of rotatable bonds is 5. The molecule has 0 bridgehead atoms. The Bertz CT molecular complexity index is 271. The first-order valence-electron chi connectivity index (χ1n) is 6.85. The summed E-state index contributed by atoms with van der Waals surface area (Å²) in [4.78, 5) is 12.2. The van der Waals surface area contributed by atoms with Crippen LogP contribution in [0.3, 0.4) is 0 Å². The lowest BCUT2D eigenvalue weighted by Gasteiger charge is -2.30. The largest absolute Gasteiger partial charge is 0.351 e. The van der Waals surface area contributed by atoms with E-state index in [0.29, 0.717) is 0 Å². The average Bonchev–Trinajstić information content (AvgIpc) is 2.12. The van der Waals surface area contributed by atoms with Gasteiger partial charge in [0.05, 0.1) is 0 Å². The van der Waals surface area contributed by atoms with Crippen molar-refractivity contribution in [2.75, 3.05) is 0 Å². The van der Waals surface area contributed by atoms with Gasteiger partial charge in [0.25, 0.3) is 0 Å². The van der Waals surface area contributed by atoms with E-state index in [1.165, 1.54) is 19.3 Å². The van der Waals surface area contributed by atoms with Gasteiger partial charge in [0.2, 0.25) is 5.91 Å². The van der Waals surface area contributed by atoms with Crippen LogP contribution >= 0.6 is 0 Å². The third kappa shape index (κ3) is 5.38. The SMILES string of the molecule is C/C=C/CC(CC1CCC1)C(=O)NC(C)(C)C. The molecule has 1 fully saturated rings. The lowest BCUT2D eigenvalue weighted by atomic mass is 9.78. The maximum atomic E-state index is 12.2. The summed E-state index contributed by atoms with van der Waals surface area (Å²) in [6.07, 6.45) is 10.1. The van der Waals surface area contributed by atoms with E-state index < -0.39 is 0 Å². The molecule has 0 aromatic rings. The fourth-order valence-corrected chi connectivity index (χ4v) is 2.21. The number of hydrogen-bond acceptors (Lipinski definition) is 1. The van der Waals surface area contributed by atoms with Gasteiger partial charge in [-0.2, -0.15) is 0 Å². The molecule has 1 aliphatic rings. The minimum Gasteiger partial charge on any atom is -0.351 e. The monoisotopic (exact) mass is 237 g/mol. The van der Waals surface area contributed by atoms with Crippen LogP contribution in [0.1, 0.15) is 59.8 Å². The Balaban J connectivity index is 2.50. The van der Waals surface area contributed by atoms with Gasteiger partial charge in [-0.05, 0) is 46.5 Å². The van der Waals surface area contributed by atoms with Gasteiger partial charge in [-0.1, -0.05) is 31.4 Å². The molecular formula is C15H27NO. The molecule has 1 N–H and O–H groups in total. The molecule has 1 amide bonds. The summed E-state index contributed by atoms with van der Waals surface area (Å²) in [5.74, 6) is 1.18. The molecule has 0 aromatic carbocycles. The van der Waals surface area contributed by atoms with Crippen LogP contribution in [0.2, 0.25) is 0 Å². The van der Waals surface area contributed by atoms with Gasteiger partial charge >= 0.3 is 0 Å². The van der Waals surface area contributed by atoms with Gasteiger partial charge in [-0.25, -0.2) is 0 Å². The molecule has 0 saturated heterocycles. The number of amides is 1. The Morgan fingerprint density at radius 1 is 1.41 bits per heavy atom. The Kier molecular flexibility index (Phi) is 5.23. The van der Waals surface area contributed by atoms with E-state index >= 15 is 0 Å². The van der Waals surface area contributed by atoms with Crippen LogP contribution in [0.5, 0.6) is 0 Å². The molecule has 98 valence electrons. The fourth-order valence-electron chi connectivity index (χ4n) is 2.21. The molecule has 0 aliphatic heterocycles. The summed E-state index contributed by atoms with van der Waals surface area (Å²) in [5.41, 5.74) is -0.120. The van der Waals surface area contributed by atoms with Crippen LogP contribution in [-0.2, 0) is 4.79 Å². The quantitative estimate of drug-likeness (QED) is 0.726. The Hall–Kier alpha value is -0.790. The van der Waals surface area contributed by atoms with Gasteiger partial charge in [-0.15, -0.1) is 0 Å². The third-order valence-electron chi connectivity index (χ3n) is 3.37. The molecule has 0 heterocycles. The summed E-state index contributed by atoms with van der Waals surface area (Å²) in [6, 6.07) is 0. The molecule has 1 saturated carbocycles. The number of carbonyl (C=O) groups excluding carboxylic acids is 1. The molecule has 1 aliphatic carbocycles. The van der Waals surface area contributed by atoms with E-state index in [-0.39, 0.29) is 17.4 Å². The van der Waals surface area contributed by atoms with Crippen molar-refractivity contribution in [3.05, 3.63) is 12.2 Å². The van der Waals surface area contributed by atoms with Crippen molar-refractivity contribution in [3.8, 4) is 0 Å². The molecule has 2 nitrogen and oxygen atoms in total. The molecule has 1 rings (SSSR count). The van der Waals surface area contributed by atoms with Crippen molar-refractivity contribution < 1.29 is 4.79 Å². The molecular weight excluding hydrogens is 210 g/mol. The van der Waals surface area contributed by atoms with Crippen LogP contribution in [0.15, 0.2) is 12.2 Å². The normalized spacial score (nSPS) is 19.1. The predicted molar refractivity (Wildman–Crippen MR) is 72.8 cm³/mol. The second kappa shape index (κ2) is 6.23. The average molecular weight is 237 g/mol. The predicted octanol–water partition coefficient (Wildman–Crippen LogP) is 3.67. The van der Waals surface area contributed by atoms with E-state index in [1.54, 1.807) is 0 Å². The standard InChI is InChI=1S/C15H27NO/c1-5-6-10-13(11-12-8-7-9-12)14(17)16-15(2,3)4/h5-6,12-13H,7-11H2,1-4H3,(H,16,17)/b6-5+. The van der Waals surface area contributed by atoms with E-state index in [0.717, 1.165) is 18.8 Å². The van der Waals surface area contributed by atoms with E-state index in [2.05, 4.69) is 11.4 Å². The Morgan fingerprint density at radius 3 is 2.47 bits per heavy atom. The van der Waals surface area contributed by atoms with Crippen LogP contribution in [0.25, 0.3) is 0 Å². The molecule has 0 aromatic heterocycles. The Morgan fingerprint density at radius 2 is 2.06 bits per heavy atom. The molecule has 0 radical (unpaired) electrons. The third-order valence-corrected chi connectivity index (χ3v) is 3.37. The highest BCUT2D eigenvalue weighted by molar-refractivity contribution is 5.79. The zero-order chi connectivity index (χ0) is 12.9. The second-order valence-corrected chi connectivity index (χ2v) is 6.27.